The van der Waals surface area contributed by atoms with Crippen molar-refractivity contribution < 1.29 is 0 Å². The van der Waals surface area contributed by atoms with Gasteiger partial charge in [-0.3, -0.25) is 4.68 Å². The molecule has 1 fully saturated rings. The summed E-state index contributed by atoms with van der Waals surface area (Å²) in [5, 5.41) is 4.52. The van der Waals surface area contributed by atoms with Gasteiger partial charge in [0.15, 0.2) is 5.82 Å². The summed E-state index contributed by atoms with van der Waals surface area (Å²) in [5.74, 6) is 4.25. The van der Waals surface area contributed by atoms with Crippen LogP contribution in [0.3, 0.4) is 0 Å². The molecule has 0 saturated heterocycles. The summed E-state index contributed by atoms with van der Waals surface area (Å²) >= 11 is 0. The van der Waals surface area contributed by atoms with Gasteiger partial charge in [0.2, 0.25) is 0 Å². The third-order valence-corrected chi connectivity index (χ3v) is 4.03. The molecular formula is C14H26N4. The van der Waals surface area contributed by atoms with Gasteiger partial charge in [0.05, 0.1) is 0 Å². The standard InChI is InChI=1S/C14H26N4/c1-10(2)11(8-9-15)6-7-13-16-14(12-4-5-12)17-18(13)3/h10-12H,4-9,15H2,1-3H3. The average Bonchev–Trinajstić information content (AvgIpc) is 3.10. The SMILES string of the molecule is CC(C)C(CCN)CCc1nc(C2CC2)nn1C. The molecule has 0 spiro atoms. The second kappa shape index (κ2) is 5.83. The van der Waals surface area contributed by atoms with E-state index in [-0.39, 0.29) is 0 Å². The number of hydrogen-bond donors (Lipinski definition) is 1. The molecule has 1 heterocycles. The Hall–Kier alpha value is -0.900. The summed E-state index contributed by atoms with van der Waals surface area (Å²) in [6, 6.07) is 0. The molecule has 1 aromatic heterocycles. The van der Waals surface area contributed by atoms with E-state index in [9.17, 15) is 0 Å². The van der Waals surface area contributed by atoms with Gasteiger partial charge in [-0.1, -0.05) is 13.8 Å². The van der Waals surface area contributed by atoms with Crippen LogP contribution in [-0.4, -0.2) is 21.3 Å². The number of aryl methyl sites for hydroxylation is 2. The summed E-state index contributed by atoms with van der Waals surface area (Å²) in [7, 11) is 2.02. The zero-order chi connectivity index (χ0) is 13.1. The molecule has 1 atom stereocenters. The highest BCUT2D eigenvalue weighted by Gasteiger charge is 2.28. The first-order valence-corrected chi connectivity index (χ1v) is 7.21. The zero-order valence-electron chi connectivity index (χ0n) is 11.9. The van der Waals surface area contributed by atoms with Crippen molar-refractivity contribution in [2.75, 3.05) is 6.54 Å². The fourth-order valence-corrected chi connectivity index (χ4v) is 2.51. The number of nitrogens with zero attached hydrogens (tertiary/aromatic N) is 3. The van der Waals surface area contributed by atoms with E-state index in [0.717, 1.165) is 31.0 Å². The van der Waals surface area contributed by atoms with Crippen LogP contribution in [0.5, 0.6) is 0 Å². The average molecular weight is 250 g/mol. The third-order valence-electron chi connectivity index (χ3n) is 4.03. The van der Waals surface area contributed by atoms with Gasteiger partial charge in [0, 0.05) is 19.4 Å². The van der Waals surface area contributed by atoms with E-state index >= 15 is 0 Å². The predicted octanol–water partition coefficient (Wildman–Crippen LogP) is 2.25. The van der Waals surface area contributed by atoms with Gasteiger partial charge < -0.3 is 5.73 Å². The van der Waals surface area contributed by atoms with E-state index in [4.69, 9.17) is 5.73 Å². The van der Waals surface area contributed by atoms with Crippen LogP contribution in [0.25, 0.3) is 0 Å². The van der Waals surface area contributed by atoms with Gasteiger partial charge in [-0.05, 0) is 44.1 Å². The van der Waals surface area contributed by atoms with Crippen molar-refractivity contribution in [3.8, 4) is 0 Å². The first-order valence-electron chi connectivity index (χ1n) is 7.21. The Bertz CT molecular complexity index is 379. The Morgan fingerprint density at radius 3 is 2.61 bits per heavy atom. The fourth-order valence-electron chi connectivity index (χ4n) is 2.51. The van der Waals surface area contributed by atoms with Crippen LogP contribution in [0, 0.1) is 11.8 Å². The third kappa shape index (κ3) is 3.31. The number of aromatic nitrogens is 3. The van der Waals surface area contributed by atoms with Crippen LogP contribution in [0.1, 0.15) is 57.1 Å². The van der Waals surface area contributed by atoms with Gasteiger partial charge in [-0.2, -0.15) is 5.10 Å². The second-order valence-corrected chi connectivity index (χ2v) is 5.90. The lowest BCUT2D eigenvalue weighted by Crippen LogP contribution is -2.16. The van der Waals surface area contributed by atoms with Crippen molar-refractivity contribution in [2.45, 2.75) is 51.9 Å². The summed E-state index contributed by atoms with van der Waals surface area (Å²) < 4.78 is 1.97. The van der Waals surface area contributed by atoms with E-state index < -0.39 is 0 Å². The van der Waals surface area contributed by atoms with Crippen molar-refractivity contribution in [3.63, 3.8) is 0 Å². The lowest BCUT2D eigenvalue weighted by molar-refractivity contribution is 0.337. The molecule has 1 unspecified atom stereocenters. The first kappa shape index (κ1) is 13.5. The Labute approximate surface area is 110 Å². The van der Waals surface area contributed by atoms with Crippen LogP contribution in [0.15, 0.2) is 0 Å². The summed E-state index contributed by atoms with van der Waals surface area (Å²) in [6.45, 7) is 5.36. The molecule has 1 saturated carbocycles. The molecule has 102 valence electrons. The summed E-state index contributed by atoms with van der Waals surface area (Å²) in [4.78, 5) is 4.68. The van der Waals surface area contributed by atoms with Gasteiger partial charge in [-0.25, -0.2) is 4.98 Å². The quantitative estimate of drug-likeness (QED) is 0.807. The zero-order valence-corrected chi connectivity index (χ0v) is 11.9. The van der Waals surface area contributed by atoms with Crippen LogP contribution in [-0.2, 0) is 13.5 Å². The Balaban J connectivity index is 1.91. The molecule has 18 heavy (non-hydrogen) atoms. The minimum absolute atomic E-state index is 0.648. The molecule has 0 bridgehead atoms. The maximum atomic E-state index is 5.68. The van der Waals surface area contributed by atoms with E-state index in [2.05, 4.69) is 23.9 Å². The largest absolute Gasteiger partial charge is 0.330 e. The molecule has 0 radical (unpaired) electrons. The van der Waals surface area contributed by atoms with Gasteiger partial charge in [-0.15, -0.1) is 0 Å². The Morgan fingerprint density at radius 2 is 2.06 bits per heavy atom. The topological polar surface area (TPSA) is 56.7 Å². The molecule has 2 N–H and O–H groups in total. The maximum Gasteiger partial charge on any atom is 0.154 e. The molecule has 4 nitrogen and oxygen atoms in total. The van der Waals surface area contributed by atoms with Crippen molar-refractivity contribution in [1.29, 1.82) is 0 Å². The van der Waals surface area contributed by atoms with Gasteiger partial charge in [0.1, 0.15) is 5.82 Å². The van der Waals surface area contributed by atoms with Crippen molar-refractivity contribution in [1.82, 2.24) is 14.8 Å². The molecule has 4 heteroatoms. The van der Waals surface area contributed by atoms with E-state index in [1.807, 2.05) is 11.7 Å². The van der Waals surface area contributed by atoms with Crippen LogP contribution < -0.4 is 5.73 Å². The minimum Gasteiger partial charge on any atom is -0.330 e. The van der Waals surface area contributed by atoms with E-state index in [0.29, 0.717) is 17.8 Å². The fraction of sp³-hybridized carbons (Fsp3) is 0.857. The van der Waals surface area contributed by atoms with Crippen molar-refractivity contribution >= 4 is 0 Å². The lowest BCUT2D eigenvalue weighted by atomic mass is 9.88. The van der Waals surface area contributed by atoms with Gasteiger partial charge >= 0.3 is 0 Å². The second-order valence-electron chi connectivity index (χ2n) is 5.90. The normalized spacial score (nSPS) is 17.4. The minimum atomic E-state index is 0.648. The smallest absolute Gasteiger partial charge is 0.154 e. The monoisotopic (exact) mass is 250 g/mol. The Kier molecular flexibility index (Phi) is 4.38. The molecule has 1 aromatic rings. The highest BCUT2D eigenvalue weighted by Crippen LogP contribution is 2.38. The molecular weight excluding hydrogens is 224 g/mol. The highest BCUT2D eigenvalue weighted by atomic mass is 15.3. The molecule has 1 aliphatic carbocycles. The number of rotatable bonds is 7. The van der Waals surface area contributed by atoms with Gasteiger partial charge in [0.25, 0.3) is 0 Å². The number of hydrogen-bond acceptors (Lipinski definition) is 3. The van der Waals surface area contributed by atoms with Crippen LogP contribution in [0.2, 0.25) is 0 Å². The van der Waals surface area contributed by atoms with Crippen LogP contribution in [0.4, 0.5) is 0 Å². The summed E-state index contributed by atoms with van der Waals surface area (Å²) in [5.41, 5.74) is 5.68. The first-order chi connectivity index (χ1) is 8.61. The lowest BCUT2D eigenvalue weighted by Gasteiger charge is -2.19. The molecule has 1 aliphatic rings. The number of nitrogens with two attached hydrogens (primary N) is 1. The Morgan fingerprint density at radius 1 is 1.33 bits per heavy atom. The van der Waals surface area contributed by atoms with E-state index in [1.165, 1.54) is 19.3 Å². The molecule has 0 aromatic carbocycles. The predicted molar refractivity (Wildman–Crippen MR) is 73.3 cm³/mol. The van der Waals surface area contributed by atoms with Crippen molar-refractivity contribution in [3.05, 3.63) is 11.6 Å². The van der Waals surface area contributed by atoms with Crippen LogP contribution >= 0.6 is 0 Å². The van der Waals surface area contributed by atoms with Crippen molar-refractivity contribution in [2.24, 2.45) is 24.6 Å². The molecule has 2 rings (SSSR count). The molecule has 0 amide bonds. The summed E-state index contributed by atoms with van der Waals surface area (Å²) in [6.07, 6.45) is 5.85. The van der Waals surface area contributed by atoms with E-state index in [1.54, 1.807) is 0 Å². The maximum absolute atomic E-state index is 5.68. The highest BCUT2D eigenvalue weighted by molar-refractivity contribution is 5.06. The molecule has 0 aliphatic heterocycles.